The third kappa shape index (κ3) is 4.81. The number of halogens is 1. The number of allylic oxidation sites excluding steroid dienone is 1. The van der Waals surface area contributed by atoms with Gasteiger partial charge >= 0.3 is 0 Å². The van der Waals surface area contributed by atoms with Crippen LogP contribution in [-0.4, -0.2) is 15.9 Å². The molecule has 3 aromatic heterocycles. The van der Waals surface area contributed by atoms with Crippen LogP contribution in [0.4, 0.5) is 10.2 Å². The molecular weight excluding hydrogens is 457 g/mol. The van der Waals surface area contributed by atoms with E-state index in [1.165, 1.54) is 18.2 Å². The zero-order valence-electron chi connectivity index (χ0n) is 19.9. The number of benzene rings is 2. The molecule has 0 atom stereocenters. The molecule has 5 rings (SSSR count). The van der Waals surface area contributed by atoms with Crippen molar-refractivity contribution in [2.24, 2.45) is 0 Å². The summed E-state index contributed by atoms with van der Waals surface area (Å²) >= 11 is 0. The van der Waals surface area contributed by atoms with Gasteiger partial charge < -0.3 is 14.7 Å². The number of hydrogen-bond donors (Lipinski definition) is 1. The molecule has 5 aromatic rings. The number of rotatable bonds is 7. The number of fused-ring (bicyclic) bond motifs is 1. The van der Waals surface area contributed by atoms with Gasteiger partial charge in [0, 0.05) is 35.6 Å². The summed E-state index contributed by atoms with van der Waals surface area (Å²) in [6, 6.07) is 15.8. The van der Waals surface area contributed by atoms with Crippen LogP contribution in [0.1, 0.15) is 29.2 Å². The first-order valence-corrected chi connectivity index (χ1v) is 11.6. The lowest BCUT2D eigenvalue weighted by Gasteiger charge is -2.07. The maximum Gasteiger partial charge on any atom is 0.156 e. The topological polar surface area (TPSA) is 95.2 Å². The van der Waals surface area contributed by atoms with E-state index in [1.807, 2.05) is 32.0 Å². The number of nitrogens with two attached hydrogens (primary N) is 1. The molecule has 0 amide bonds. The number of carbonyl (C=O) groups is 1. The minimum Gasteiger partial charge on any atom is -0.460 e. The highest BCUT2D eigenvalue weighted by Crippen LogP contribution is 2.38. The van der Waals surface area contributed by atoms with Crippen LogP contribution in [0.2, 0.25) is 0 Å². The van der Waals surface area contributed by atoms with E-state index in [0.29, 0.717) is 35.8 Å². The van der Waals surface area contributed by atoms with Gasteiger partial charge in [-0.1, -0.05) is 17.3 Å². The number of carbonyl (C=O) groups excluding carboxylic acids is 1. The fraction of sp³-hybridized carbons (Fsp3) is 0.138. The van der Waals surface area contributed by atoms with Crippen molar-refractivity contribution in [2.75, 3.05) is 5.73 Å². The largest absolute Gasteiger partial charge is 0.460 e. The zero-order valence-corrected chi connectivity index (χ0v) is 19.9. The van der Waals surface area contributed by atoms with Crippen molar-refractivity contribution in [3.63, 3.8) is 0 Å². The molecule has 6 nitrogen and oxygen atoms in total. The van der Waals surface area contributed by atoms with Crippen LogP contribution in [0.15, 0.2) is 75.8 Å². The summed E-state index contributed by atoms with van der Waals surface area (Å²) < 4.78 is 25.2. The van der Waals surface area contributed by atoms with Crippen LogP contribution in [0.5, 0.6) is 0 Å². The van der Waals surface area contributed by atoms with Crippen LogP contribution in [-0.2, 0) is 11.2 Å². The second-order valence-corrected chi connectivity index (χ2v) is 8.68. The molecule has 0 bridgehead atoms. The number of furan rings is 1. The summed E-state index contributed by atoms with van der Waals surface area (Å²) in [6.45, 7) is 3.77. The normalized spacial score (nSPS) is 11.5. The third-order valence-electron chi connectivity index (χ3n) is 6.03. The second kappa shape index (κ2) is 9.62. The fourth-order valence-corrected chi connectivity index (χ4v) is 4.25. The van der Waals surface area contributed by atoms with Crippen LogP contribution in [0, 0.1) is 19.7 Å². The summed E-state index contributed by atoms with van der Waals surface area (Å²) in [4.78, 5) is 16.5. The van der Waals surface area contributed by atoms with Gasteiger partial charge in [0.25, 0.3) is 0 Å². The maximum atomic E-state index is 13.6. The van der Waals surface area contributed by atoms with Gasteiger partial charge in [-0.25, -0.2) is 9.37 Å². The Balaban J connectivity index is 1.45. The number of nitrogen functional groups attached to an aromatic ring is 1. The van der Waals surface area contributed by atoms with Gasteiger partial charge in [-0.2, -0.15) is 0 Å². The number of ketones is 1. The molecule has 7 heteroatoms. The molecule has 36 heavy (non-hydrogen) atoms. The first kappa shape index (κ1) is 23.2. The average Bonchev–Trinajstić information content (AvgIpc) is 3.44. The Morgan fingerprint density at radius 1 is 1.06 bits per heavy atom. The number of pyridine rings is 1. The number of aryl methyl sites for hydroxylation is 3. The number of anilines is 1. The predicted molar refractivity (Wildman–Crippen MR) is 138 cm³/mol. The molecule has 0 saturated heterocycles. The number of hydrogen-bond acceptors (Lipinski definition) is 6. The lowest BCUT2D eigenvalue weighted by Crippen LogP contribution is -1.95. The maximum absolute atomic E-state index is 13.6. The Kier molecular flexibility index (Phi) is 6.21. The highest BCUT2D eigenvalue weighted by atomic mass is 19.1. The van der Waals surface area contributed by atoms with Crippen LogP contribution in [0.25, 0.3) is 39.3 Å². The van der Waals surface area contributed by atoms with E-state index in [4.69, 9.17) is 14.7 Å². The van der Waals surface area contributed by atoms with Crippen LogP contribution in [0.3, 0.4) is 0 Å². The minimum atomic E-state index is -0.307. The molecule has 2 N–H and O–H groups in total. The minimum absolute atomic E-state index is 0.0255. The van der Waals surface area contributed by atoms with Crippen molar-refractivity contribution in [2.45, 2.75) is 26.7 Å². The van der Waals surface area contributed by atoms with Crippen molar-refractivity contribution < 1.29 is 18.1 Å². The molecule has 0 aliphatic rings. The molecule has 0 radical (unpaired) electrons. The average molecular weight is 482 g/mol. The summed E-state index contributed by atoms with van der Waals surface area (Å²) in [5, 5.41) is 4.97. The summed E-state index contributed by atoms with van der Waals surface area (Å²) in [6.07, 6.45) is 5.61. The van der Waals surface area contributed by atoms with Crippen molar-refractivity contribution >= 4 is 28.6 Å². The molecule has 0 unspecified atom stereocenters. The fourth-order valence-electron chi connectivity index (χ4n) is 4.25. The zero-order chi connectivity index (χ0) is 25.2. The standard InChI is InChI=1S/C29H24FN3O3/c1-17-28(18(2)36-33-17)21-13-22-14-25(11-10-24(34)9-3-19-4-12-27(31)32-16-19)35-29(22)26(15-21)20-5-7-23(30)8-6-20/h3-9,12-16H,10-11H2,1-2H3,(H2,31,32)/b9-3+. The van der Waals surface area contributed by atoms with Gasteiger partial charge in [0.2, 0.25) is 0 Å². The van der Waals surface area contributed by atoms with E-state index >= 15 is 0 Å². The van der Waals surface area contributed by atoms with E-state index in [0.717, 1.165) is 38.9 Å². The number of nitrogens with zero attached hydrogens (tertiary/aromatic N) is 2. The van der Waals surface area contributed by atoms with Crippen molar-refractivity contribution in [1.82, 2.24) is 10.1 Å². The van der Waals surface area contributed by atoms with E-state index in [1.54, 1.807) is 36.5 Å². The van der Waals surface area contributed by atoms with E-state index < -0.39 is 0 Å². The first-order chi connectivity index (χ1) is 17.4. The van der Waals surface area contributed by atoms with Gasteiger partial charge in [-0.3, -0.25) is 4.79 Å². The Morgan fingerprint density at radius 2 is 1.86 bits per heavy atom. The van der Waals surface area contributed by atoms with E-state index in [-0.39, 0.29) is 11.6 Å². The van der Waals surface area contributed by atoms with Crippen molar-refractivity contribution in [1.29, 1.82) is 0 Å². The van der Waals surface area contributed by atoms with E-state index in [9.17, 15) is 9.18 Å². The molecule has 0 aliphatic heterocycles. The third-order valence-corrected chi connectivity index (χ3v) is 6.03. The highest BCUT2D eigenvalue weighted by Gasteiger charge is 2.18. The van der Waals surface area contributed by atoms with Crippen molar-refractivity contribution in [3.8, 4) is 22.3 Å². The Bertz CT molecular complexity index is 1560. The Labute approximate surface area is 207 Å². The first-order valence-electron chi connectivity index (χ1n) is 11.6. The quantitative estimate of drug-likeness (QED) is 0.260. The number of aromatic nitrogens is 2. The summed E-state index contributed by atoms with van der Waals surface area (Å²) in [7, 11) is 0. The van der Waals surface area contributed by atoms with Gasteiger partial charge in [0.1, 0.15) is 28.7 Å². The second-order valence-electron chi connectivity index (χ2n) is 8.68. The molecule has 2 aromatic carbocycles. The predicted octanol–water partition coefficient (Wildman–Crippen LogP) is 6.70. The lowest BCUT2D eigenvalue weighted by molar-refractivity contribution is -0.114. The lowest BCUT2D eigenvalue weighted by atomic mass is 9.96. The van der Waals surface area contributed by atoms with Gasteiger partial charge in [0.15, 0.2) is 5.78 Å². The SMILES string of the molecule is Cc1noc(C)c1-c1cc(-c2ccc(F)cc2)c2oc(CCC(=O)/C=C/c3ccc(N)nc3)cc2c1. The molecule has 0 saturated carbocycles. The van der Waals surface area contributed by atoms with Crippen LogP contribution < -0.4 is 5.73 Å². The Hall–Kier alpha value is -4.52. The van der Waals surface area contributed by atoms with Gasteiger partial charge in [-0.15, -0.1) is 0 Å². The molecule has 0 aliphatic carbocycles. The molecular formula is C29H24FN3O3. The highest BCUT2D eigenvalue weighted by molar-refractivity contribution is 5.97. The van der Waals surface area contributed by atoms with Crippen molar-refractivity contribution in [3.05, 3.63) is 95.5 Å². The molecule has 0 fully saturated rings. The van der Waals surface area contributed by atoms with Crippen LogP contribution >= 0.6 is 0 Å². The summed E-state index contributed by atoms with van der Waals surface area (Å²) in [5.74, 6) is 1.51. The molecule has 0 spiro atoms. The molecule has 180 valence electrons. The van der Waals surface area contributed by atoms with E-state index in [2.05, 4.69) is 10.1 Å². The van der Waals surface area contributed by atoms with Gasteiger partial charge in [-0.05, 0) is 85.2 Å². The Morgan fingerprint density at radius 3 is 2.56 bits per heavy atom. The van der Waals surface area contributed by atoms with Gasteiger partial charge in [0.05, 0.1) is 5.69 Å². The molecule has 3 heterocycles. The smallest absolute Gasteiger partial charge is 0.156 e. The monoisotopic (exact) mass is 481 g/mol. The summed E-state index contributed by atoms with van der Waals surface area (Å²) in [5.41, 5.74) is 11.4.